The molecule has 0 unspecified atom stereocenters. The average molecular weight is 430 g/mol. The van der Waals surface area contributed by atoms with Crippen molar-refractivity contribution in [1.82, 2.24) is 4.90 Å². The molecule has 0 atom stereocenters. The maximum atomic E-state index is 14.3. The third-order valence-corrected chi connectivity index (χ3v) is 5.61. The Morgan fingerprint density at radius 3 is 2.34 bits per heavy atom. The molecule has 0 saturated carbocycles. The van der Waals surface area contributed by atoms with Gasteiger partial charge in [-0.2, -0.15) is 0 Å². The van der Waals surface area contributed by atoms with E-state index in [2.05, 4.69) is 5.32 Å². The van der Waals surface area contributed by atoms with Gasteiger partial charge in [-0.25, -0.2) is 4.39 Å². The fourth-order valence-electron chi connectivity index (χ4n) is 3.70. The smallest absolute Gasteiger partial charge is 0.278 e. The predicted octanol–water partition coefficient (Wildman–Crippen LogP) is 4.84. The van der Waals surface area contributed by atoms with E-state index in [1.807, 2.05) is 32.0 Å². The summed E-state index contributed by atoms with van der Waals surface area (Å²) in [5, 5.41) is 3.14. The van der Waals surface area contributed by atoms with Gasteiger partial charge in [0, 0.05) is 16.8 Å². The number of aryl methyl sites for hydroxylation is 2. The minimum Gasteiger partial charge on any atom is -0.496 e. The Morgan fingerprint density at radius 1 is 0.906 bits per heavy atom. The second-order valence-electron chi connectivity index (χ2n) is 7.66. The quantitative estimate of drug-likeness (QED) is 0.569. The number of carbonyl (C=O) groups excluding carboxylic acids is 2. The molecule has 162 valence electrons. The molecule has 3 aromatic rings. The Kier molecular flexibility index (Phi) is 5.77. The fourth-order valence-corrected chi connectivity index (χ4v) is 3.70. The van der Waals surface area contributed by atoms with Crippen LogP contribution in [0.5, 0.6) is 5.75 Å². The largest absolute Gasteiger partial charge is 0.496 e. The van der Waals surface area contributed by atoms with Crippen LogP contribution in [0.4, 0.5) is 10.1 Å². The molecule has 1 N–H and O–H groups in total. The summed E-state index contributed by atoms with van der Waals surface area (Å²) in [4.78, 5) is 27.9. The zero-order chi connectivity index (χ0) is 22.8. The van der Waals surface area contributed by atoms with Crippen molar-refractivity contribution < 1.29 is 18.7 Å². The van der Waals surface area contributed by atoms with E-state index in [1.165, 1.54) is 13.2 Å². The lowest BCUT2D eigenvalue weighted by Gasteiger charge is -2.16. The molecule has 1 heterocycles. The predicted molar refractivity (Wildman–Crippen MR) is 121 cm³/mol. The van der Waals surface area contributed by atoms with E-state index in [9.17, 15) is 14.0 Å². The topological polar surface area (TPSA) is 58.6 Å². The number of nitrogens with one attached hydrogen (secondary N) is 1. The fraction of sp³-hybridized carbons (Fsp3) is 0.154. The van der Waals surface area contributed by atoms with Crippen LogP contribution >= 0.6 is 0 Å². The van der Waals surface area contributed by atoms with E-state index in [1.54, 1.807) is 42.5 Å². The van der Waals surface area contributed by atoms with Crippen molar-refractivity contribution in [2.75, 3.05) is 12.4 Å². The molecular formula is C26H23FN2O3. The third-order valence-electron chi connectivity index (χ3n) is 5.61. The first kappa shape index (κ1) is 21.3. The Balaban J connectivity index is 1.80. The number of rotatable bonds is 6. The number of hydrogen-bond donors (Lipinski definition) is 1. The van der Waals surface area contributed by atoms with Crippen molar-refractivity contribution in [2.45, 2.75) is 20.4 Å². The van der Waals surface area contributed by atoms with E-state index >= 15 is 0 Å². The van der Waals surface area contributed by atoms with Gasteiger partial charge in [0.15, 0.2) is 0 Å². The number of nitrogens with zero attached hydrogens (tertiary/aromatic N) is 1. The van der Waals surface area contributed by atoms with Gasteiger partial charge < -0.3 is 10.1 Å². The second-order valence-corrected chi connectivity index (χ2v) is 7.66. The molecule has 0 spiro atoms. The number of halogens is 1. The van der Waals surface area contributed by atoms with E-state index in [-0.39, 0.29) is 23.4 Å². The Hall–Kier alpha value is -3.93. The standard InChI is InChI=1S/C26H23FN2O3/c1-16-12-13-19(14-17(16)2)28-24-23(20-9-5-7-11-22(20)32-3)25(30)29(26(24)31)15-18-8-4-6-10-21(18)27/h4-14,28H,15H2,1-3H3. The molecule has 2 amide bonds. The lowest BCUT2D eigenvalue weighted by Crippen LogP contribution is -2.32. The number of amides is 2. The highest BCUT2D eigenvalue weighted by atomic mass is 19.1. The summed E-state index contributed by atoms with van der Waals surface area (Å²) in [7, 11) is 1.51. The van der Waals surface area contributed by atoms with Crippen molar-refractivity contribution in [2.24, 2.45) is 0 Å². The minimum absolute atomic E-state index is 0.138. The van der Waals surface area contributed by atoms with Gasteiger partial charge >= 0.3 is 0 Å². The van der Waals surface area contributed by atoms with Crippen molar-refractivity contribution >= 4 is 23.1 Å². The lowest BCUT2D eigenvalue weighted by molar-refractivity contribution is -0.137. The Bertz CT molecular complexity index is 1250. The summed E-state index contributed by atoms with van der Waals surface area (Å²) in [6.45, 7) is 3.81. The van der Waals surface area contributed by atoms with Gasteiger partial charge in [-0.15, -0.1) is 0 Å². The van der Waals surface area contributed by atoms with Gasteiger partial charge in [0.25, 0.3) is 11.8 Å². The molecule has 0 aromatic heterocycles. The van der Waals surface area contributed by atoms with Crippen molar-refractivity contribution in [3.63, 3.8) is 0 Å². The van der Waals surface area contributed by atoms with Gasteiger partial charge in [-0.05, 0) is 49.2 Å². The summed E-state index contributed by atoms with van der Waals surface area (Å²) >= 11 is 0. The molecule has 6 heteroatoms. The number of anilines is 1. The molecule has 5 nitrogen and oxygen atoms in total. The molecule has 0 saturated heterocycles. The van der Waals surface area contributed by atoms with Crippen LogP contribution in [-0.2, 0) is 16.1 Å². The van der Waals surface area contributed by atoms with E-state index in [4.69, 9.17) is 4.74 Å². The molecule has 1 aliphatic heterocycles. The van der Waals surface area contributed by atoms with Crippen molar-refractivity contribution in [1.29, 1.82) is 0 Å². The maximum Gasteiger partial charge on any atom is 0.278 e. The van der Waals surface area contributed by atoms with Crippen LogP contribution in [0.25, 0.3) is 5.57 Å². The zero-order valence-electron chi connectivity index (χ0n) is 18.1. The summed E-state index contributed by atoms with van der Waals surface area (Å²) < 4.78 is 19.7. The molecule has 1 aliphatic rings. The molecule has 32 heavy (non-hydrogen) atoms. The highest BCUT2D eigenvalue weighted by molar-refractivity contribution is 6.36. The average Bonchev–Trinajstić information content (AvgIpc) is 3.01. The van der Waals surface area contributed by atoms with Crippen LogP contribution in [0.15, 0.2) is 72.4 Å². The minimum atomic E-state index is -0.516. The van der Waals surface area contributed by atoms with E-state index < -0.39 is 17.6 Å². The molecule has 0 aliphatic carbocycles. The van der Waals surface area contributed by atoms with E-state index in [0.717, 1.165) is 16.0 Å². The highest BCUT2D eigenvalue weighted by Gasteiger charge is 2.40. The second kappa shape index (κ2) is 8.67. The van der Waals surface area contributed by atoms with Crippen molar-refractivity contribution in [3.05, 3.63) is 100 Å². The van der Waals surface area contributed by atoms with Crippen LogP contribution in [0, 0.1) is 19.7 Å². The monoisotopic (exact) mass is 430 g/mol. The maximum absolute atomic E-state index is 14.3. The number of benzene rings is 3. The van der Waals surface area contributed by atoms with Crippen molar-refractivity contribution in [3.8, 4) is 5.75 Å². The van der Waals surface area contributed by atoms with Gasteiger partial charge in [-0.3, -0.25) is 14.5 Å². The SMILES string of the molecule is COc1ccccc1C1=C(Nc2ccc(C)c(C)c2)C(=O)N(Cc2ccccc2F)C1=O. The number of carbonyl (C=O) groups is 2. The first-order chi connectivity index (χ1) is 15.4. The van der Waals surface area contributed by atoms with Gasteiger partial charge in [0.05, 0.1) is 19.2 Å². The molecule has 0 bridgehead atoms. The molecule has 0 fully saturated rings. The molecule has 4 rings (SSSR count). The summed E-state index contributed by atoms with van der Waals surface area (Å²) in [6, 6.07) is 18.8. The number of hydrogen-bond acceptors (Lipinski definition) is 4. The summed E-state index contributed by atoms with van der Waals surface area (Å²) in [5.41, 5.74) is 3.95. The third kappa shape index (κ3) is 3.87. The number of ether oxygens (including phenoxy) is 1. The molecule has 0 radical (unpaired) electrons. The first-order valence-corrected chi connectivity index (χ1v) is 10.2. The van der Waals surface area contributed by atoms with Crippen LogP contribution in [-0.4, -0.2) is 23.8 Å². The van der Waals surface area contributed by atoms with Crippen LogP contribution < -0.4 is 10.1 Å². The van der Waals surface area contributed by atoms with Gasteiger partial charge in [-0.1, -0.05) is 42.5 Å². The Morgan fingerprint density at radius 2 is 1.62 bits per heavy atom. The normalized spacial score (nSPS) is 13.7. The van der Waals surface area contributed by atoms with Crippen LogP contribution in [0.1, 0.15) is 22.3 Å². The first-order valence-electron chi connectivity index (χ1n) is 10.2. The molecular weight excluding hydrogens is 407 g/mol. The number of para-hydroxylation sites is 1. The van der Waals surface area contributed by atoms with Gasteiger partial charge in [0.2, 0.25) is 0 Å². The van der Waals surface area contributed by atoms with Crippen LogP contribution in [0.3, 0.4) is 0 Å². The van der Waals surface area contributed by atoms with Gasteiger partial charge in [0.1, 0.15) is 17.3 Å². The summed E-state index contributed by atoms with van der Waals surface area (Å²) in [6.07, 6.45) is 0. The summed E-state index contributed by atoms with van der Waals surface area (Å²) in [5.74, 6) is -1.02. The zero-order valence-corrected chi connectivity index (χ0v) is 18.1. The number of methoxy groups -OCH3 is 1. The lowest BCUT2D eigenvalue weighted by atomic mass is 10.0. The highest BCUT2D eigenvalue weighted by Crippen LogP contribution is 2.36. The van der Waals surface area contributed by atoms with E-state index in [0.29, 0.717) is 17.0 Å². The Labute approximate surface area is 186 Å². The van der Waals surface area contributed by atoms with Crippen LogP contribution in [0.2, 0.25) is 0 Å². The molecule has 3 aromatic carbocycles. The number of imide groups is 1.